The topological polar surface area (TPSA) is 59.8 Å². The Morgan fingerprint density at radius 1 is 1.35 bits per heavy atom. The van der Waals surface area contributed by atoms with Crippen molar-refractivity contribution in [2.45, 2.75) is 49.3 Å². The molecule has 0 bridgehead atoms. The Labute approximate surface area is 140 Å². The molecule has 1 aliphatic rings. The number of rotatable bonds is 7. The molecule has 122 valence electrons. The zero-order valence-electron chi connectivity index (χ0n) is 13.4. The van der Waals surface area contributed by atoms with E-state index in [2.05, 4.69) is 20.1 Å². The second-order valence-electron chi connectivity index (χ2n) is 5.66. The van der Waals surface area contributed by atoms with Crippen LogP contribution < -0.4 is 5.32 Å². The van der Waals surface area contributed by atoms with Crippen LogP contribution >= 0.6 is 11.8 Å². The smallest absolute Gasteiger partial charge is 0.233 e. The third-order valence-electron chi connectivity index (χ3n) is 4.02. The fraction of sp³-hybridized carbons (Fsp3) is 0.471. The van der Waals surface area contributed by atoms with Gasteiger partial charge >= 0.3 is 0 Å². The number of hydrogen-bond acceptors (Lipinski definition) is 4. The summed E-state index contributed by atoms with van der Waals surface area (Å²) in [5.41, 5.74) is 0. The third kappa shape index (κ3) is 3.93. The molecule has 5 nitrogen and oxygen atoms in total. The van der Waals surface area contributed by atoms with Crippen LogP contribution in [0, 0.1) is 0 Å². The first-order valence-corrected chi connectivity index (χ1v) is 9.06. The van der Waals surface area contributed by atoms with Gasteiger partial charge in [0.05, 0.1) is 5.25 Å². The van der Waals surface area contributed by atoms with Gasteiger partial charge in [0, 0.05) is 30.8 Å². The normalized spacial score (nSPS) is 14.5. The molecule has 1 aliphatic heterocycles. The number of benzene rings is 1. The van der Waals surface area contributed by atoms with Crippen molar-refractivity contribution < 1.29 is 4.79 Å². The molecule has 0 saturated heterocycles. The van der Waals surface area contributed by atoms with E-state index < -0.39 is 0 Å². The molecule has 1 atom stereocenters. The van der Waals surface area contributed by atoms with Crippen LogP contribution in [0.4, 0.5) is 0 Å². The van der Waals surface area contributed by atoms with Crippen LogP contribution in [-0.4, -0.2) is 32.5 Å². The fourth-order valence-corrected chi connectivity index (χ4v) is 3.79. The second-order valence-corrected chi connectivity index (χ2v) is 6.93. The van der Waals surface area contributed by atoms with E-state index in [9.17, 15) is 4.79 Å². The lowest BCUT2D eigenvalue weighted by Crippen LogP contribution is -2.34. The molecule has 1 amide bonds. The van der Waals surface area contributed by atoms with Crippen molar-refractivity contribution in [3.63, 3.8) is 0 Å². The lowest BCUT2D eigenvalue weighted by atomic mass is 10.3. The molecule has 23 heavy (non-hydrogen) atoms. The summed E-state index contributed by atoms with van der Waals surface area (Å²) in [4.78, 5) is 13.5. The van der Waals surface area contributed by atoms with Gasteiger partial charge in [-0.1, -0.05) is 25.1 Å². The summed E-state index contributed by atoms with van der Waals surface area (Å²) in [6.45, 7) is 3.67. The summed E-state index contributed by atoms with van der Waals surface area (Å²) in [5, 5.41) is 11.4. The van der Waals surface area contributed by atoms with Gasteiger partial charge in [-0.25, -0.2) is 0 Å². The Hall–Kier alpha value is -1.82. The first kappa shape index (κ1) is 16.1. The van der Waals surface area contributed by atoms with Crippen molar-refractivity contribution in [3.8, 4) is 0 Å². The molecule has 2 heterocycles. The molecule has 6 heteroatoms. The summed E-state index contributed by atoms with van der Waals surface area (Å²) in [5.74, 6) is 2.17. The number of hydrogen-bond donors (Lipinski definition) is 1. The highest BCUT2D eigenvalue weighted by molar-refractivity contribution is 8.00. The number of carbonyl (C=O) groups is 1. The Kier molecular flexibility index (Phi) is 5.33. The van der Waals surface area contributed by atoms with Crippen LogP contribution in [0.5, 0.6) is 0 Å². The molecule has 1 aromatic carbocycles. The van der Waals surface area contributed by atoms with Crippen LogP contribution in [0.2, 0.25) is 0 Å². The zero-order chi connectivity index (χ0) is 16.1. The fourth-order valence-electron chi connectivity index (χ4n) is 2.79. The summed E-state index contributed by atoms with van der Waals surface area (Å²) in [6, 6.07) is 10.1. The van der Waals surface area contributed by atoms with Gasteiger partial charge in [0.2, 0.25) is 5.91 Å². The number of carbonyl (C=O) groups excluding carboxylic acids is 1. The summed E-state index contributed by atoms with van der Waals surface area (Å²) in [7, 11) is 0. The average Bonchev–Trinajstić information content (AvgIpc) is 3.18. The Balaban J connectivity index is 1.49. The van der Waals surface area contributed by atoms with Crippen molar-refractivity contribution in [2.24, 2.45) is 0 Å². The summed E-state index contributed by atoms with van der Waals surface area (Å²) in [6.07, 6.45) is 3.72. The molecule has 1 N–H and O–H groups in total. The van der Waals surface area contributed by atoms with E-state index in [0.717, 1.165) is 48.8 Å². The van der Waals surface area contributed by atoms with Crippen molar-refractivity contribution in [1.82, 2.24) is 20.1 Å². The molecule has 0 radical (unpaired) electrons. The van der Waals surface area contributed by atoms with E-state index in [4.69, 9.17) is 0 Å². The molecule has 0 spiro atoms. The number of thioether (sulfide) groups is 1. The van der Waals surface area contributed by atoms with Crippen molar-refractivity contribution in [1.29, 1.82) is 0 Å². The first-order chi connectivity index (χ1) is 11.3. The van der Waals surface area contributed by atoms with Gasteiger partial charge in [-0.2, -0.15) is 0 Å². The van der Waals surface area contributed by atoms with E-state index in [1.807, 2.05) is 37.3 Å². The monoisotopic (exact) mass is 330 g/mol. The van der Waals surface area contributed by atoms with Crippen molar-refractivity contribution in [2.75, 3.05) is 6.54 Å². The van der Waals surface area contributed by atoms with E-state index in [-0.39, 0.29) is 11.2 Å². The Bertz CT molecular complexity index is 656. The first-order valence-electron chi connectivity index (χ1n) is 8.18. The van der Waals surface area contributed by atoms with Crippen LogP contribution in [0.25, 0.3) is 0 Å². The minimum Gasteiger partial charge on any atom is -0.355 e. The number of amides is 1. The van der Waals surface area contributed by atoms with E-state index in [1.54, 1.807) is 11.8 Å². The highest BCUT2D eigenvalue weighted by Crippen LogP contribution is 2.25. The van der Waals surface area contributed by atoms with E-state index >= 15 is 0 Å². The molecule has 3 rings (SSSR count). The number of fused-ring (bicyclic) bond motifs is 1. The van der Waals surface area contributed by atoms with Gasteiger partial charge in [-0.3, -0.25) is 4.79 Å². The van der Waals surface area contributed by atoms with Gasteiger partial charge in [0.15, 0.2) is 0 Å². The van der Waals surface area contributed by atoms with Crippen LogP contribution in [0.15, 0.2) is 35.2 Å². The maximum Gasteiger partial charge on any atom is 0.233 e. The van der Waals surface area contributed by atoms with Crippen LogP contribution in [-0.2, 0) is 24.2 Å². The van der Waals surface area contributed by atoms with Crippen LogP contribution in [0.1, 0.15) is 31.4 Å². The molecule has 0 saturated carbocycles. The van der Waals surface area contributed by atoms with Crippen molar-refractivity contribution >= 4 is 17.7 Å². The molecular formula is C17H22N4OS. The van der Waals surface area contributed by atoms with E-state index in [0.29, 0.717) is 6.54 Å². The van der Waals surface area contributed by atoms with E-state index in [1.165, 1.54) is 0 Å². The highest BCUT2D eigenvalue weighted by Gasteiger charge is 2.19. The molecule has 0 fully saturated rings. The quantitative estimate of drug-likeness (QED) is 0.792. The van der Waals surface area contributed by atoms with Crippen molar-refractivity contribution in [3.05, 3.63) is 42.0 Å². The molecule has 1 aromatic heterocycles. The molecule has 2 aromatic rings. The number of nitrogens with one attached hydrogen (secondary N) is 1. The number of nitrogens with zero attached hydrogens (tertiary/aromatic N) is 3. The maximum absolute atomic E-state index is 12.4. The maximum atomic E-state index is 12.4. The van der Waals surface area contributed by atoms with Gasteiger partial charge in [-0.15, -0.1) is 22.0 Å². The number of aromatic nitrogens is 3. The molecular weight excluding hydrogens is 308 g/mol. The van der Waals surface area contributed by atoms with Gasteiger partial charge < -0.3 is 9.88 Å². The highest BCUT2D eigenvalue weighted by atomic mass is 32.2. The average molecular weight is 330 g/mol. The predicted molar refractivity (Wildman–Crippen MR) is 91.4 cm³/mol. The summed E-state index contributed by atoms with van der Waals surface area (Å²) < 4.78 is 2.18. The summed E-state index contributed by atoms with van der Waals surface area (Å²) >= 11 is 1.62. The lowest BCUT2D eigenvalue weighted by molar-refractivity contribution is -0.120. The second kappa shape index (κ2) is 7.64. The Morgan fingerprint density at radius 2 is 2.17 bits per heavy atom. The standard InChI is InChI=1S/C17H22N4OS/c1-2-14(23-13-7-4-3-5-8-13)17(22)18-11-10-16-20-19-15-9-6-12-21(15)16/h3-5,7-8,14H,2,6,9-12H2,1H3,(H,18,22)/t14-/m1/s1. The molecule has 0 aliphatic carbocycles. The third-order valence-corrected chi connectivity index (χ3v) is 5.39. The number of aryl methyl sites for hydroxylation is 1. The Morgan fingerprint density at radius 3 is 2.96 bits per heavy atom. The SMILES string of the molecule is CC[C@@H](Sc1ccccc1)C(=O)NCCc1nnc2n1CCC2. The minimum atomic E-state index is -0.0542. The van der Waals surface area contributed by atoms with Crippen LogP contribution in [0.3, 0.4) is 0 Å². The largest absolute Gasteiger partial charge is 0.355 e. The minimum absolute atomic E-state index is 0.0542. The van der Waals surface area contributed by atoms with Gasteiger partial charge in [-0.05, 0) is 25.0 Å². The predicted octanol–water partition coefficient (Wildman–Crippen LogP) is 2.45. The lowest BCUT2D eigenvalue weighted by Gasteiger charge is -2.14. The molecule has 0 unspecified atom stereocenters. The van der Waals surface area contributed by atoms with Gasteiger partial charge in [0.25, 0.3) is 0 Å². The zero-order valence-corrected chi connectivity index (χ0v) is 14.2. The van der Waals surface area contributed by atoms with Gasteiger partial charge in [0.1, 0.15) is 11.6 Å².